The van der Waals surface area contributed by atoms with Crippen LogP contribution in [0.5, 0.6) is 0 Å². The van der Waals surface area contributed by atoms with Crippen LogP contribution in [0.15, 0.2) is 24.3 Å². The predicted octanol–water partition coefficient (Wildman–Crippen LogP) is 1.70. The highest BCUT2D eigenvalue weighted by Gasteiger charge is 2.15. The van der Waals surface area contributed by atoms with Gasteiger partial charge in [-0.3, -0.25) is 0 Å². The summed E-state index contributed by atoms with van der Waals surface area (Å²) in [6.07, 6.45) is 0. The van der Waals surface area contributed by atoms with Crippen LogP contribution in [0.4, 0.5) is 5.69 Å². The Morgan fingerprint density at radius 1 is 1.12 bits per heavy atom. The first-order chi connectivity index (χ1) is 7.83. The zero-order chi connectivity index (χ0) is 11.4. The number of piperazine rings is 1. The molecule has 1 aromatic carbocycles. The van der Waals surface area contributed by atoms with Crippen LogP contribution in [0.3, 0.4) is 0 Å². The highest BCUT2D eigenvalue weighted by Crippen LogP contribution is 2.16. The van der Waals surface area contributed by atoms with Crippen LogP contribution in [-0.2, 0) is 0 Å². The molecule has 3 heteroatoms. The fraction of sp³-hybridized carbons (Fsp3) is 0.462. The van der Waals surface area contributed by atoms with Gasteiger partial charge in [-0.05, 0) is 30.8 Å². The summed E-state index contributed by atoms with van der Waals surface area (Å²) in [5, 5.41) is 8.74. The fourth-order valence-corrected chi connectivity index (χ4v) is 2.07. The summed E-state index contributed by atoms with van der Waals surface area (Å²) in [5.41, 5.74) is 1.96. The van der Waals surface area contributed by atoms with Gasteiger partial charge in [-0.2, -0.15) is 5.26 Å². The van der Waals surface area contributed by atoms with Gasteiger partial charge < -0.3 is 9.80 Å². The van der Waals surface area contributed by atoms with Crippen molar-refractivity contribution in [3.05, 3.63) is 29.8 Å². The Hall–Kier alpha value is -1.53. The summed E-state index contributed by atoms with van der Waals surface area (Å²) in [7, 11) is 0. The highest BCUT2D eigenvalue weighted by atomic mass is 15.3. The molecule has 0 N–H and O–H groups in total. The van der Waals surface area contributed by atoms with E-state index < -0.39 is 0 Å². The zero-order valence-corrected chi connectivity index (χ0v) is 9.69. The summed E-state index contributed by atoms with van der Waals surface area (Å²) in [6, 6.07) is 10.0. The van der Waals surface area contributed by atoms with Crippen molar-refractivity contribution in [2.45, 2.75) is 6.92 Å². The van der Waals surface area contributed by atoms with Gasteiger partial charge in [0, 0.05) is 31.9 Å². The Labute approximate surface area is 96.9 Å². The van der Waals surface area contributed by atoms with Crippen molar-refractivity contribution in [1.29, 1.82) is 5.26 Å². The van der Waals surface area contributed by atoms with Crippen LogP contribution in [0.2, 0.25) is 0 Å². The topological polar surface area (TPSA) is 30.3 Å². The summed E-state index contributed by atoms with van der Waals surface area (Å²) >= 11 is 0. The number of nitrogens with zero attached hydrogens (tertiary/aromatic N) is 3. The van der Waals surface area contributed by atoms with Crippen molar-refractivity contribution in [3.63, 3.8) is 0 Å². The molecule has 16 heavy (non-hydrogen) atoms. The van der Waals surface area contributed by atoms with Gasteiger partial charge in [0.05, 0.1) is 11.6 Å². The number of nitriles is 1. The Balaban J connectivity index is 2.00. The van der Waals surface area contributed by atoms with Crippen molar-refractivity contribution in [2.75, 3.05) is 37.6 Å². The molecule has 0 bridgehead atoms. The van der Waals surface area contributed by atoms with Crippen LogP contribution in [0.1, 0.15) is 12.5 Å². The maximum Gasteiger partial charge on any atom is 0.0991 e. The van der Waals surface area contributed by atoms with E-state index in [1.807, 2.05) is 24.3 Å². The first kappa shape index (κ1) is 11.0. The Morgan fingerprint density at radius 3 is 2.25 bits per heavy atom. The van der Waals surface area contributed by atoms with Gasteiger partial charge in [0.2, 0.25) is 0 Å². The van der Waals surface area contributed by atoms with E-state index in [1.165, 1.54) is 5.69 Å². The van der Waals surface area contributed by atoms with Crippen LogP contribution in [-0.4, -0.2) is 37.6 Å². The van der Waals surface area contributed by atoms with Gasteiger partial charge in [0.25, 0.3) is 0 Å². The normalized spacial score (nSPS) is 17.1. The fourth-order valence-electron chi connectivity index (χ4n) is 2.07. The molecule has 1 heterocycles. The lowest BCUT2D eigenvalue weighted by Crippen LogP contribution is -2.46. The second kappa shape index (κ2) is 5.00. The summed E-state index contributed by atoms with van der Waals surface area (Å²) < 4.78 is 0. The smallest absolute Gasteiger partial charge is 0.0991 e. The molecule has 0 spiro atoms. The van der Waals surface area contributed by atoms with Gasteiger partial charge in [-0.25, -0.2) is 0 Å². The Bertz CT molecular complexity index is 369. The lowest BCUT2D eigenvalue weighted by molar-refractivity contribution is 0.271. The quantitative estimate of drug-likeness (QED) is 0.752. The number of hydrogen-bond donors (Lipinski definition) is 0. The van der Waals surface area contributed by atoms with Gasteiger partial charge in [0.1, 0.15) is 0 Å². The molecule has 84 valence electrons. The van der Waals surface area contributed by atoms with E-state index >= 15 is 0 Å². The number of benzene rings is 1. The third kappa shape index (κ3) is 2.34. The Kier molecular flexibility index (Phi) is 3.43. The summed E-state index contributed by atoms with van der Waals surface area (Å²) in [4.78, 5) is 4.84. The van der Waals surface area contributed by atoms with Crippen LogP contribution in [0.25, 0.3) is 0 Å². The monoisotopic (exact) mass is 215 g/mol. The highest BCUT2D eigenvalue weighted by molar-refractivity contribution is 5.50. The average Bonchev–Trinajstić information content (AvgIpc) is 2.39. The maximum atomic E-state index is 8.74. The SMILES string of the molecule is CCN1CCN(c2ccc(C#N)cc2)CC1. The molecule has 0 radical (unpaired) electrons. The van der Waals surface area contributed by atoms with Gasteiger partial charge >= 0.3 is 0 Å². The lowest BCUT2D eigenvalue weighted by Gasteiger charge is -2.35. The number of rotatable bonds is 2. The number of likely N-dealkylation sites (N-methyl/N-ethyl adjacent to an activating group) is 1. The third-order valence-corrected chi connectivity index (χ3v) is 3.18. The molecule has 0 saturated carbocycles. The van der Waals surface area contributed by atoms with Crippen LogP contribution >= 0.6 is 0 Å². The molecular weight excluding hydrogens is 198 g/mol. The molecular formula is C13H17N3. The largest absolute Gasteiger partial charge is 0.369 e. The van der Waals surface area contributed by atoms with E-state index in [0.717, 1.165) is 38.3 Å². The van der Waals surface area contributed by atoms with Gasteiger partial charge in [0.15, 0.2) is 0 Å². The predicted molar refractivity (Wildman–Crippen MR) is 65.5 cm³/mol. The molecule has 1 aliphatic rings. The standard InChI is InChI=1S/C13H17N3/c1-2-15-7-9-16(10-8-15)13-5-3-12(11-14)4-6-13/h3-6H,2,7-10H2,1H3. The lowest BCUT2D eigenvalue weighted by atomic mass is 10.2. The summed E-state index contributed by atoms with van der Waals surface area (Å²) in [6.45, 7) is 7.78. The summed E-state index contributed by atoms with van der Waals surface area (Å²) in [5.74, 6) is 0. The van der Waals surface area contributed by atoms with E-state index in [-0.39, 0.29) is 0 Å². The van der Waals surface area contributed by atoms with E-state index in [0.29, 0.717) is 0 Å². The molecule has 1 fully saturated rings. The average molecular weight is 215 g/mol. The molecule has 0 atom stereocenters. The molecule has 1 aromatic rings. The van der Waals surface area contributed by atoms with Gasteiger partial charge in [-0.15, -0.1) is 0 Å². The molecule has 3 nitrogen and oxygen atoms in total. The second-order valence-electron chi connectivity index (χ2n) is 4.08. The first-order valence-corrected chi connectivity index (χ1v) is 5.81. The minimum atomic E-state index is 0.732. The molecule has 0 amide bonds. The van der Waals surface area contributed by atoms with E-state index in [2.05, 4.69) is 22.8 Å². The zero-order valence-electron chi connectivity index (χ0n) is 9.69. The number of hydrogen-bond acceptors (Lipinski definition) is 3. The number of anilines is 1. The molecule has 2 rings (SSSR count). The van der Waals surface area contributed by atoms with E-state index in [1.54, 1.807) is 0 Å². The first-order valence-electron chi connectivity index (χ1n) is 5.81. The molecule has 0 aliphatic carbocycles. The maximum absolute atomic E-state index is 8.74. The van der Waals surface area contributed by atoms with Crippen molar-refractivity contribution in [2.24, 2.45) is 0 Å². The Morgan fingerprint density at radius 2 is 1.75 bits per heavy atom. The minimum Gasteiger partial charge on any atom is -0.369 e. The molecule has 0 unspecified atom stereocenters. The molecule has 1 aliphatic heterocycles. The van der Waals surface area contributed by atoms with Crippen molar-refractivity contribution < 1.29 is 0 Å². The van der Waals surface area contributed by atoms with E-state index in [4.69, 9.17) is 5.26 Å². The minimum absolute atomic E-state index is 0.732. The van der Waals surface area contributed by atoms with Gasteiger partial charge in [-0.1, -0.05) is 6.92 Å². The van der Waals surface area contributed by atoms with Crippen LogP contribution < -0.4 is 4.90 Å². The van der Waals surface area contributed by atoms with E-state index in [9.17, 15) is 0 Å². The molecule has 0 aromatic heterocycles. The second-order valence-corrected chi connectivity index (χ2v) is 4.08. The van der Waals surface area contributed by atoms with Crippen molar-refractivity contribution in [3.8, 4) is 6.07 Å². The van der Waals surface area contributed by atoms with Crippen molar-refractivity contribution >= 4 is 5.69 Å². The van der Waals surface area contributed by atoms with Crippen molar-refractivity contribution in [1.82, 2.24) is 4.90 Å². The van der Waals surface area contributed by atoms with Crippen LogP contribution in [0, 0.1) is 11.3 Å². The third-order valence-electron chi connectivity index (χ3n) is 3.18. The molecule has 1 saturated heterocycles.